The summed E-state index contributed by atoms with van der Waals surface area (Å²) in [6, 6.07) is 11.0. The molecule has 1 aliphatic carbocycles. The molecule has 1 saturated carbocycles. The number of likely N-dealkylation sites (N-methyl/N-ethyl adjacent to an activating group) is 1. The fourth-order valence-electron chi connectivity index (χ4n) is 4.62. The van der Waals surface area contributed by atoms with E-state index in [1.165, 1.54) is 18.5 Å². The van der Waals surface area contributed by atoms with Gasteiger partial charge in [0.15, 0.2) is 0 Å². The zero-order chi connectivity index (χ0) is 17.8. The maximum atomic E-state index is 12.6. The summed E-state index contributed by atoms with van der Waals surface area (Å²) in [6.07, 6.45) is 3.27. The van der Waals surface area contributed by atoms with E-state index in [0.717, 1.165) is 31.8 Å². The van der Waals surface area contributed by atoms with E-state index in [0.29, 0.717) is 17.9 Å². The molecule has 1 heterocycles. The van der Waals surface area contributed by atoms with Crippen LogP contribution in [0.3, 0.4) is 0 Å². The van der Waals surface area contributed by atoms with E-state index in [9.17, 15) is 4.79 Å². The number of rotatable bonds is 7. The number of fused-ring (bicyclic) bond motifs is 1. The van der Waals surface area contributed by atoms with Crippen molar-refractivity contribution in [2.45, 2.75) is 51.7 Å². The van der Waals surface area contributed by atoms with Crippen molar-refractivity contribution in [1.29, 1.82) is 0 Å². The van der Waals surface area contributed by atoms with Crippen molar-refractivity contribution in [2.75, 3.05) is 20.1 Å². The lowest BCUT2D eigenvalue weighted by molar-refractivity contribution is -0.124. The molecule has 2 fully saturated rings. The maximum Gasteiger partial charge on any atom is 0.237 e. The summed E-state index contributed by atoms with van der Waals surface area (Å²) in [7, 11) is 1.89. The van der Waals surface area contributed by atoms with Gasteiger partial charge in [0.2, 0.25) is 5.91 Å². The highest BCUT2D eigenvalue weighted by atomic mass is 16.2. The number of likely N-dealkylation sites (tertiary alicyclic amines) is 1. The van der Waals surface area contributed by atoms with Crippen LogP contribution >= 0.6 is 0 Å². The quantitative estimate of drug-likeness (QED) is 0.800. The number of amides is 1. The Balaban J connectivity index is 1.54. The fraction of sp³-hybridized carbons (Fsp3) is 0.667. The van der Waals surface area contributed by atoms with Gasteiger partial charge < -0.3 is 10.6 Å². The van der Waals surface area contributed by atoms with Crippen LogP contribution in [0.4, 0.5) is 0 Å². The molecular weight excluding hydrogens is 310 g/mol. The summed E-state index contributed by atoms with van der Waals surface area (Å²) in [5.74, 6) is 2.06. The van der Waals surface area contributed by atoms with Crippen LogP contribution in [0, 0.1) is 17.8 Å². The van der Waals surface area contributed by atoms with Gasteiger partial charge in [-0.15, -0.1) is 0 Å². The number of nitrogens with one attached hydrogen (secondary N) is 2. The van der Waals surface area contributed by atoms with Gasteiger partial charge in [0.1, 0.15) is 0 Å². The average Bonchev–Trinajstić information content (AvgIpc) is 3.14. The van der Waals surface area contributed by atoms with E-state index in [-0.39, 0.29) is 11.9 Å². The summed E-state index contributed by atoms with van der Waals surface area (Å²) in [5, 5.41) is 6.55. The minimum atomic E-state index is -0.0686. The van der Waals surface area contributed by atoms with E-state index in [4.69, 9.17) is 0 Å². The smallest absolute Gasteiger partial charge is 0.237 e. The Kier molecular flexibility index (Phi) is 6.13. The number of benzene rings is 1. The van der Waals surface area contributed by atoms with Gasteiger partial charge in [-0.05, 0) is 49.6 Å². The van der Waals surface area contributed by atoms with Crippen molar-refractivity contribution in [1.82, 2.24) is 15.5 Å². The Morgan fingerprint density at radius 2 is 1.96 bits per heavy atom. The highest BCUT2D eigenvalue weighted by Gasteiger charge is 2.43. The molecule has 1 aliphatic heterocycles. The Morgan fingerprint density at radius 3 is 2.64 bits per heavy atom. The molecule has 138 valence electrons. The normalized spacial score (nSPS) is 27.4. The van der Waals surface area contributed by atoms with Gasteiger partial charge in [-0.25, -0.2) is 0 Å². The first kappa shape index (κ1) is 18.4. The summed E-state index contributed by atoms with van der Waals surface area (Å²) in [6.45, 7) is 7.65. The van der Waals surface area contributed by atoms with Crippen molar-refractivity contribution < 1.29 is 4.79 Å². The Morgan fingerprint density at radius 1 is 1.20 bits per heavy atom. The van der Waals surface area contributed by atoms with Crippen LogP contribution in [-0.4, -0.2) is 43.0 Å². The van der Waals surface area contributed by atoms with Crippen LogP contribution < -0.4 is 10.6 Å². The second-order valence-corrected chi connectivity index (χ2v) is 8.27. The van der Waals surface area contributed by atoms with Gasteiger partial charge in [0.05, 0.1) is 6.04 Å². The first-order valence-electron chi connectivity index (χ1n) is 9.80. The minimum absolute atomic E-state index is 0.0686. The van der Waals surface area contributed by atoms with E-state index in [2.05, 4.69) is 59.7 Å². The topological polar surface area (TPSA) is 44.4 Å². The van der Waals surface area contributed by atoms with Crippen LogP contribution in [0.25, 0.3) is 0 Å². The van der Waals surface area contributed by atoms with Crippen LogP contribution in [0.5, 0.6) is 0 Å². The van der Waals surface area contributed by atoms with E-state index in [1.807, 2.05) is 7.05 Å². The molecule has 0 spiro atoms. The monoisotopic (exact) mass is 343 g/mol. The molecule has 2 aliphatic rings. The third-order valence-electron chi connectivity index (χ3n) is 5.88. The molecule has 0 bridgehead atoms. The second kappa shape index (κ2) is 8.33. The highest BCUT2D eigenvalue weighted by Crippen LogP contribution is 2.38. The Labute approximate surface area is 152 Å². The first-order chi connectivity index (χ1) is 12.1. The third-order valence-corrected chi connectivity index (χ3v) is 5.88. The standard InChI is InChI=1S/C21H33N3O/c1-15(2)11-20(22-3)21(25)23-19-10-9-17-13-24(14-18(17)19)12-16-7-5-4-6-8-16/h4-8,15,17-20,22H,9-14H2,1-3H3,(H,23,25)/t17-,18+,19-,20+/m1/s1. The minimum Gasteiger partial charge on any atom is -0.352 e. The average molecular weight is 344 g/mol. The molecule has 1 aromatic carbocycles. The number of hydrogen-bond donors (Lipinski definition) is 2. The lowest BCUT2D eigenvalue weighted by Gasteiger charge is -2.25. The zero-order valence-corrected chi connectivity index (χ0v) is 15.9. The van der Waals surface area contributed by atoms with Crippen molar-refractivity contribution in [3.05, 3.63) is 35.9 Å². The van der Waals surface area contributed by atoms with Crippen molar-refractivity contribution in [2.24, 2.45) is 17.8 Å². The molecule has 4 nitrogen and oxygen atoms in total. The van der Waals surface area contributed by atoms with Gasteiger partial charge in [-0.1, -0.05) is 44.2 Å². The molecule has 4 atom stereocenters. The van der Waals surface area contributed by atoms with E-state index >= 15 is 0 Å². The maximum absolute atomic E-state index is 12.6. The zero-order valence-electron chi connectivity index (χ0n) is 15.9. The van der Waals surface area contributed by atoms with Crippen LogP contribution in [0.2, 0.25) is 0 Å². The molecule has 25 heavy (non-hydrogen) atoms. The third kappa shape index (κ3) is 4.62. The summed E-state index contributed by atoms with van der Waals surface area (Å²) >= 11 is 0. The van der Waals surface area contributed by atoms with Gasteiger partial charge in [-0.3, -0.25) is 9.69 Å². The predicted molar refractivity (Wildman–Crippen MR) is 102 cm³/mol. The lowest BCUT2D eigenvalue weighted by atomic mass is 9.97. The van der Waals surface area contributed by atoms with Gasteiger partial charge >= 0.3 is 0 Å². The summed E-state index contributed by atoms with van der Waals surface area (Å²) < 4.78 is 0. The Bertz CT molecular complexity index is 560. The molecule has 1 aromatic rings. The Hall–Kier alpha value is -1.39. The molecular formula is C21H33N3O. The fourth-order valence-corrected chi connectivity index (χ4v) is 4.62. The molecule has 2 N–H and O–H groups in total. The van der Waals surface area contributed by atoms with Crippen molar-refractivity contribution in [3.63, 3.8) is 0 Å². The molecule has 0 unspecified atom stereocenters. The van der Waals surface area contributed by atoms with Crippen molar-refractivity contribution >= 4 is 5.91 Å². The number of hydrogen-bond acceptors (Lipinski definition) is 3. The largest absolute Gasteiger partial charge is 0.352 e. The molecule has 0 aromatic heterocycles. The van der Waals surface area contributed by atoms with Gasteiger partial charge in [-0.2, -0.15) is 0 Å². The molecule has 1 amide bonds. The second-order valence-electron chi connectivity index (χ2n) is 8.27. The van der Waals surface area contributed by atoms with Crippen molar-refractivity contribution in [3.8, 4) is 0 Å². The van der Waals surface area contributed by atoms with Crippen LogP contribution in [-0.2, 0) is 11.3 Å². The highest BCUT2D eigenvalue weighted by molar-refractivity contribution is 5.82. The SMILES string of the molecule is CN[C@@H](CC(C)C)C(=O)N[C@@H]1CC[C@@H]2CN(Cc3ccccc3)C[C@@H]21. The predicted octanol–water partition coefficient (Wildman–Crippen LogP) is 2.65. The lowest BCUT2D eigenvalue weighted by Crippen LogP contribution is -2.49. The number of carbonyl (C=O) groups is 1. The van der Waals surface area contributed by atoms with Crippen LogP contribution in [0.1, 0.15) is 38.7 Å². The first-order valence-corrected chi connectivity index (χ1v) is 9.80. The molecule has 4 heteroatoms. The van der Waals surface area contributed by atoms with Gasteiger partial charge in [0.25, 0.3) is 0 Å². The summed E-state index contributed by atoms with van der Waals surface area (Å²) in [4.78, 5) is 15.2. The van der Waals surface area contributed by atoms with Gasteiger partial charge in [0, 0.05) is 25.7 Å². The van der Waals surface area contributed by atoms with E-state index in [1.54, 1.807) is 0 Å². The molecule has 1 saturated heterocycles. The molecule has 0 radical (unpaired) electrons. The number of nitrogens with zero attached hydrogens (tertiary/aromatic N) is 1. The van der Waals surface area contributed by atoms with E-state index < -0.39 is 0 Å². The number of carbonyl (C=O) groups excluding carboxylic acids is 1. The summed E-state index contributed by atoms with van der Waals surface area (Å²) in [5.41, 5.74) is 1.38. The van der Waals surface area contributed by atoms with Crippen LogP contribution in [0.15, 0.2) is 30.3 Å². The molecule has 3 rings (SSSR count).